The maximum Gasteiger partial charge on any atom is 0.163 e. The van der Waals surface area contributed by atoms with Crippen LogP contribution < -0.4 is 5.32 Å². The Labute approximate surface area is 110 Å². The van der Waals surface area contributed by atoms with Crippen molar-refractivity contribution in [2.24, 2.45) is 0 Å². The van der Waals surface area contributed by atoms with E-state index < -0.39 is 0 Å². The van der Waals surface area contributed by atoms with Gasteiger partial charge in [-0.3, -0.25) is 5.41 Å². The number of hydrogen-bond donors (Lipinski definition) is 2. The van der Waals surface area contributed by atoms with Crippen LogP contribution in [-0.4, -0.2) is 12.3 Å². The van der Waals surface area contributed by atoms with Gasteiger partial charge in [0.2, 0.25) is 0 Å². The Kier molecular flexibility index (Phi) is 2.89. The van der Waals surface area contributed by atoms with Gasteiger partial charge in [-0.05, 0) is 24.4 Å². The number of ether oxygens (including phenoxy) is 1. The number of fused-ring (bicyclic) bond motifs is 2. The lowest BCUT2D eigenvalue weighted by Gasteiger charge is -2.17. The number of hydrogen-bond acceptors (Lipinski definition) is 4. The first kappa shape index (κ1) is 11.4. The molecule has 0 fully saturated rings. The predicted octanol–water partition coefficient (Wildman–Crippen LogP) is 3.62. The average Bonchev–Trinajstić information content (AvgIpc) is 2.83. The van der Waals surface area contributed by atoms with E-state index in [1.54, 1.807) is 11.3 Å². The highest BCUT2D eigenvalue weighted by Crippen LogP contribution is 2.35. The molecule has 0 amide bonds. The number of thiophene rings is 1. The van der Waals surface area contributed by atoms with E-state index in [1.165, 1.54) is 0 Å². The highest BCUT2D eigenvalue weighted by atomic mass is 32.1. The van der Waals surface area contributed by atoms with Gasteiger partial charge in [0.25, 0.3) is 0 Å². The highest BCUT2D eigenvalue weighted by molar-refractivity contribution is 7.10. The molecule has 4 heteroatoms. The molecular weight excluding hydrogens is 244 g/mol. The van der Waals surface area contributed by atoms with Crippen molar-refractivity contribution in [3.05, 3.63) is 51.7 Å². The van der Waals surface area contributed by atoms with Crippen molar-refractivity contribution in [3.8, 4) is 0 Å². The van der Waals surface area contributed by atoms with E-state index in [4.69, 9.17) is 10.1 Å². The lowest BCUT2D eigenvalue weighted by Crippen LogP contribution is -2.13. The molecule has 0 spiro atoms. The van der Waals surface area contributed by atoms with Gasteiger partial charge in [0.1, 0.15) is 0 Å². The monoisotopic (exact) mass is 258 g/mol. The van der Waals surface area contributed by atoms with Gasteiger partial charge in [0.05, 0.1) is 10.6 Å². The van der Waals surface area contributed by atoms with Crippen molar-refractivity contribution >= 4 is 22.7 Å². The molecule has 3 nitrogen and oxygen atoms in total. The van der Waals surface area contributed by atoms with Gasteiger partial charge in [0.15, 0.2) is 6.23 Å². The molecular formula is C14H14N2OS. The summed E-state index contributed by atoms with van der Waals surface area (Å²) in [6, 6.07) is 9.90. The first-order valence-corrected chi connectivity index (χ1v) is 6.83. The molecule has 1 aromatic heterocycles. The quantitative estimate of drug-likeness (QED) is 0.864. The second kappa shape index (κ2) is 4.55. The summed E-state index contributed by atoms with van der Waals surface area (Å²) in [5, 5.41) is 13.7. The van der Waals surface area contributed by atoms with Gasteiger partial charge in [0, 0.05) is 23.4 Å². The molecule has 0 radical (unpaired) electrons. The van der Waals surface area contributed by atoms with Crippen molar-refractivity contribution in [1.29, 1.82) is 5.41 Å². The van der Waals surface area contributed by atoms with E-state index in [0.717, 1.165) is 21.7 Å². The van der Waals surface area contributed by atoms with E-state index in [0.29, 0.717) is 12.3 Å². The van der Waals surface area contributed by atoms with E-state index in [-0.39, 0.29) is 6.23 Å². The fraction of sp³-hybridized carbons (Fsp3) is 0.214. The molecule has 92 valence electrons. The number of nitrogens with one attached hydrogen (secondary N) is 2. The summed E-state index contributed by atoms with van der Waals surface area (Å²) in [5.74, 6) is 0. The molecule has 0 saturated carbocycles. The van der Waals surface area contributed by atoms with Gasteiger partial charge >= 0.3 is 0 Å². The lowest BCUT2D eigenvalue weighted by molar-refractivity contribution is 0.0855. The van der Waals surface area contributed by atoms with Gasteiger partial charge in [-0.2, -0.15) is 0 Å². The Morgan fingerprint density at radius 1 is 1.28 bits per heavy atom. The van der Waals surface area contributed by atoms with Crippen LogP contribution in [0.25, 0.3) is 0 Å². The number of para-hydroxylation sites is 1. The molecule has 1 aromatic carbocycles. The van der Waals surface area contributed by atoms with Crippen LogP contribution in [0.1, 0.15) is 29.2 Å². The lowest BCUT2D eigenvalue weighted by atomic mass is 10.0. The zero-order chi connectivity index (χ0) is 12.5. The Morgan fingerprint density at radius 3 is 2.94 bits per heavy atom. The minimum atomic E-state index is -0.158. The van der Waals surface area contributed by atoms with Crippen molar-refractivity contribution in [2.75, 3.05) is 11.9 Å². The number of anilines is 1. The summed E-state index contributed by atoms with van der Waals surface area (Å²) in [7, 11) is 0. The summed E-state index contributed by atoms with van der Waals surface area (Å²) in [6.45, 7) is 2.63. The smallest absolute Gasteiger partial charge is 0.163 e. The van der Waals surface area contributed by atoms with E-state index in [2.05, 4.69) is 5.32 Å². The van der Waals surface area contributed by atoms with Crippen LogP contribution in [0.2, 0.25) is 0 Å². The molecule has 2 N–H and O–H groups in total. The molecule has 0 saturated heterocycles. The Morgan fingerprint density at radius 2 is 2.11 bits per heavy atom. The SMILES string of the molecule is CCOC1Nc2ccccc2C(=N)c2ccsc21. The molecule has 3 rings (SSSR count). The van der Waals surface area contributed by atoms with Gasteiger partial charge in [-0.1, -0.05) is 18.2 Å². The molecule has 0 bridgehead atoms. The van der Waals surface area contributed by atoms with Crippen molar-refractivity contribution in [2.45, 2.75) is 13.2 Å². The second-order valence-corrected chi connectivity index (χ2v) is 5.05. The van der Waals surface area contributed by atoms with E-state index in [9.17, 15) is 0 Å². The fourth-order valence-corrected chi connectivity index (χ4v) is 3.09. The fourth-order valence-electron chi connectivity index (χ4n) is 2.19. The maximum absolute atomic E-state index is 8.34. The first-order chi connectivity index (χ1) is 8.81. The summed E-state index contributed by atoms with van der Waals surface area (Å²) in [4.78, 5) is 1.08. The normalized spacial score (nSPS) is 17.6. The molecule has 18 heavy (non-hydrogen) atoms. The Balaban J connectivity index is 2.15. The van der Waals surface area contributed by atoms with E-state index >= 15 is 0 Å². The molecule has 2 aromatic rings. The second-order valence-electron chi connectivity index (χ2n) is 4.10. The molecule has 1 aliphatic heterocycles. The van der Waals surface area contributed by atoms with Crippen LogP contribution in [-0.2, 0) is 4.74 Å². The van der Waals surface area contributed by atoms with Crippen molar-refractivity contribution in [1.82, 2.24) is 0 Å². The number of benzene rings is 1. The standard InChI is InChI=1S/C14H14N2OS/c1-2-17-14-13-10(7-8-18-13)12(15)9-5-3-4-6-11(9)16-14/h3-8,14-16H,2H2,1H3. The van der Waals surface area contributed by atoms with Crippen LogP contribution in [0.4, 0.5) is 5.69 Å². The van der Waals surface area contributed by atoms with Gasteiger partial charge in [-0.25, -0.2) is 0 Å². The average molecular weight is 258 g/mol. The molecule has 1 atom stereocenters. The molecule has 2 heterocycles. The van der Waals surface area contributed by atoms with Crippen LogP contribution in [0.15, 0.2) is 35.7 Å². The van der Waals surface area contributed by atoms with Gasteiger partial charge in [-0.15, -0.1) is 11.3 Å². The van der Waals surface area contributed by atoms with Crippen LogP contribution in [0, 0.1) is 5.41 Å². The maximum atomic E-state index is 8.34. The zero-order valence-electron chi connectivity index (χ0n) is 10.1. The highest BCUT2D eigenvalue weighted by Gasteiger charge is 2.25. The van der Waals surface area contributed by atoms with Gasteiger partial charge < -0.3 is 10.1 Å². The summed E-state index contributed by atoms with van der Waals surface area (Å²) < 4.78 is 5.76. The summed E-state index contributed by atoms with van der Waals surface area (Å²) >= 11 is 1.63. The third kappa shape index (κ3) is 1.74. The molecule has 1 unspecified atom stereocenters. The first-order valence-electron chi connectivity index (χ1n) is 5.95. The minimum absolute atomic E-state index is 0.158. The van der Waals surface area contributed by atoms with E-state index in [1.807, 2.05) is 42.6 Å². The van der Waals surface area contributed by atoms with Crippen LogP contribution in [0.5, 0.6) is 0 Å². The van der Waals surface area contributed by atoms with Crippen LogP contribution in [0.3, 0.4) is 0 Å². The summed E-state index contributed by atoms with van der Waals surface area (Å²) in [5.41, 5.74) is 3.43. The van der Waals surface area contributed by atoms with Crippen LogP contribution >= 0.6 is 11.3 Å². The predicted molar refractivity (Wildman–Crippen MR) is 74.7 cm³/mol. The Hall–Kier alpha value is -1.65. The Bertz CT molecular complexity index is 591. The largest absolute Gasteiger partial charge is 0.355 e. The van der Waals surface area contributed by atoms with Crippen molar-refractivity contribution < 1.29 is 4.74 Å². The third-order valence-corrected chi connectivity index (χ3v) is 3.98. The number of rotatable bonds is 2. The zero-order valence-corrected chi connectivity index (χ0v) is 10.9. The topological polar surface area (TPSA) is 45.1 Å². The molecule has 0 aliphatic carbocycles. The molecule has 1 aliphatic rings. The minimum Gasteiger partial charge on any atom is -0.355 e. The third-order valence-electron chi connectivity index (χ3n) is 3.02. The summed E-state index contributed by atoms with van der Waals surface area (Å²) in [6.07, 6.45) is -0.158. The van der Waals surface area contributed by atoms with Crippen molar-refractivity contribution in [3.63, 3.8) is 0 Å².